The molecule has 2 aromatic rings. The van der Waals surface area contributed by atoms with Crippen LogP contribution in [0.1, 0.15) is 11.1 Å². The van der Waals surface area contributed by atoms with Crippen LogP contribution < -0.4 is 14.2 Å². The Morgan fingerprint density at radius 1 is 1.07 bits per heavy atom. The Bertz CT molecular complexity index is 1000. The molecule has 0 radical (unpaired) electrons. The van der Waals surface area contributed by atoms with Gasteiger partial charge in [-0.15, -0.1) is 0 Å². The van der Waals surface area contributed by atoms with Crippen LogP contribution in [0.5, 0.6) is 17.2 Å². The predicted molar refractivity (Wildman–Crippen MR) is 100 cm³/mol. The van der Waals surface area contributed by atoms with Crippen molar-refractivity contribution >= 4 is 17.9 Å². The average Bonchev–Trinajstić information content (AvgIpc) is 3.08. The lowest BCUT2D eigenvalue weighted by Gasteiger charge is -2.16. The number of esters is 1. The quantitative estimate of drug-likeness (QED) is 0.615. The van der Waals surface area contributed by atoms with Gasteiger partial charge < -0.3 is 18.9 Å². The minimum absolute atomic E-state index is 0.236. The van der Waals surface area contributed by atoms with Crippen LogP contribution in [0, 0.1) is 0 Å². The topological polar surface area (TPSA) is 66.3 Å². The molecule has 2 aliphatic heterocycles. The molecule has 2 aromatic carbocycles. The van der Waals surface area contributed by atoms with E-state index in [2.05, 4.69) is 4.99 Å². The number of benzene rings is 2. The number of cyclic esters (lactones) is 1. The Labute approximate surface area is 156 Å². The predicted octanol–water partition coefficient (Wildman–Crippen LogP) is 3.37. The second kappa shape index (κ2) is 6.99. The van der Waals surface area contributed by atoms with Crippen molar-refractivity contribution in [2.75, 3.05) is 20.8 Å². The van der Waals surface area contributed by atoms with Crippen molar-refractivity contribution in [3.8, 4) is 17.2 Å². The summed E-state index contributed by atoms with van der Waals surface area (Å²) < 4.78 is 21.5. The minimum atomic E-state index is -0.491. The molecule has 0 N–H and O–H groups in total. The largest absolute Gasteiger partial charge is 0.497 e. The summed E-state index contributed by atoms with van der Waals surface area (Å²) in [5, 5.41) is 0. The molecule has 4 rings (SSSR count). The van der Waals surface area contributed by atoms with Gasteiger partial charge in [0.15, 0.2) is 5.70 Å². The fraction of sp³-hybridized carbons (Fsp3) is 0.143. The van der Waals surface area contributed by atoms with Gasteiger partial charge >= 0.3 is 5.97 Å². The summed E-state index contributed by atoms with van der Waals surface area (Å²) in [7, 11) is 3.19. The maximum atomic E-state index is 12.2. The number of hydrogen-bond donors (Lipinski definition) is 0. The standard InChI is InChI=1S/C21H17NO5/c1-24-16-5-3-4-15(10-16)20-22-18(21(23)27-20)9-13-8-14-6-7-17(25-2)11-19(14)26-12-13/h3-11H,12H2,1-2H3. The zero-order chi connectivity index (χ0) is 18.8. The molecule has 0 amide bonds. The van der Waals surface area contributed by atoms with Crippen molar-refractivity contribution in [3.05, 3.63) is 70.9 Å². The van der Waals surface area contributed by atoms with Gasteiger partial charge in [0.25, 0.3) is 0 Å². The van der Waals surface area contributed by atoms with Crippen molar-refractivity contribution in [1.82, 2.24) is 0 Å². The maximum Gasteiger partial charge on any atom is 0.363 e. The summed E-state index contributed by atoms with van der Waals surface area (Å²) in [5.74, 6) is 1.91. The molecule has 2 aliphatic rings. The number of rotatable bonds is 4. The van der Waals surface area contributed by atoms with Gasteiger partial charge in [-0.05, 0) is 48.1 Å². The third-order valence-electron chi connectivity index (χ3n) is 4.22. The van der Waals surface area contributed by atoms with Crippen LogP contribution in [-0.2, 0) is 9.53 Å². The molecule has 0 fully saturated rings. The van der Waals surface area contributed by atoms with E-state index in [0.29, 0.717) is 17.9 Å². The van der Waals surface area contributed by atoms with Crippen molar-refractivity contribution < 1.29 is 23.7 Å². The van der Waals surface area contributed by atoms with E-state index in [1.54, 1.807) is 26.4 Å². The zero-order valence-corrected chi connectivity index (χ0v) is 14.9. The summed E-state index contributed by atoms with van der Waals surface area (Å²) >= 11 is 0. The highest BCUT2D eigenvalue weighted by molar-refractivity contribution is 6.11. The summed E-state index contributed by atoms with van der Waals surface area (Å²) in [6.45, 7) is 0.334. The molecule has 0 saturated heterocycles. The first-order valence-corrected chi connectivity index (χ1v) is 8.34. The highest BCUT2D eigenvalue weighted by Gasteiger charge is 2.25. The van der Waals surface area contributed by atoms with Gasteiger partial charge in [-0.25, -0.2) is 9.79 Å². The molecule has 0 bridgehead atoms. The van der Waals surface area contributed by atoms with E-state index in [9.17, 15) is 4.79 Å². The van der Waals surface area contributed by atoms with Gasteiger partial charge in [0.2, 0.25) is 5.90 Å². The second-order valence-electron chi connectivity index (χ2n) is 5.98. The van der Waals surface area contributed by atoms with Crippen molar-refractivity contribution in [2.45, 2.75) is 0 Å². The number of carbonyl (C=O) groups excluding carboxylic acids is 1. The lowest BCUT2D eigenvalue weighted by atomic mass is 10.1. The molecular formula is C21H17NO5. The van der Waals surface area contributed by atoms with E-state index < -0.39 is 5.97 Å². The molecule has 0 spiro atoms. The van der Waals surface area contributed by atoms with Crippen LogP contribution in [0.4, 0.5) is 0 Å². The van der Waals surface area contributed by atoms with Gasteiger partial charge in [-0.1, -0.05) is 6.07 Å². The minimum Gasteiger partial charge on any atom is -0.497 e. The summed E-state index contributed by atoms with van der Waals surface area (Å²) in [5.41, 5.74) is 2.66. The van der Waals surface area contributed by atoms with Crippen LogP contribution >= 0.6 is 0 Å². The first-order valence-electron chi connectivity index (χ1n) is 8.34. The zero-order valence-electron chi connectivity index (χ0n) is 14.9. The number of fused-ring (bicyclic) bond motifs is 1. The monoisotopic (exact) mass is 363 g/mol. The molecular weight excluding hydrogens is 346 g/mol. The third kappa shape index (κ3) is 3.42. The normalized spacial score (nSPS) is 16.8. The van der Waals surface area contributed by atoms with Gasteiger partial charge in [0.1, 0.15) is 23.9 Å². The van der Waals surface area contributed by atoms with Crippen LogP contribution in [0.15, 0.2) is 64.8 Å². The summed E-state index contributed by atoms with van der Waals surface area (Å²) in [6, 6.07) is 12.8. The number of nitrogens with zero attached hydrogens (tertiary/aromatic N) is 1. The van der Waals surface area contributed by atoms with Gasteiger partial charge in [-0.2, -0.15) is 0 Å². The summed E-state index contributed by atoms with van der Waals surface area (Å²) in [6.07, 6.45) is 3.64. The van der Waals surface area contributed by atoms with Crippen LogP contribution in [0.2, 0.25) is 0 Å². The fourth-order valence-corrected chi connectivity index (χ4v) is 2.84. The molecule has 0 saturated carbocycles. The SMILES string of the molecule is COc1cccc(C2=NC(=CC3=Cc4ccc(OC)cc4OC3)C(=O)O2)c1. The average molecular weight is 363 g/mol. The van der Waals surface area contributed by atoms with E-state index in [0.717, 1.165) is 22.6 Å². The van der Waals surface area contributed by atoms with Crippen LogP contribution in [0.3, 0.4) is 0 Å². The van der Waals surface area contributed by atoms with E-state index in [4.69, 9.17) is 18.9 Å². The highest BCUT2D eigenvalue weighted by Crippen LogP contribution is 2.31. The van der Waals surface area contributed by atoms with Crippen molar-refractivity contribution in [1.29, 1.82) is 0 Å². The van der Waals surface area contributed by atoms with Crippen LogP contribution in [0.25, 0.3) is 6.08 Å². The number of aliphatic imine (C=N–C) groups is 1. The van der Waals surface area contributed by atoms with Crippen molar-refractivity contribution in [2.24, 2.45) is 4.99 Å². The van der Waals surface area contributed by atoms with Crippen LogP contribution in [-0.4, -0.2) is 32.7 Å². The number of ether oxygens (including phenoxy) is 4. The fourth-order valence-electron chi connectivity index (χ4n) is 2.84. The molecule has 6 nitrogen and oxygen atoms in total. The molecule has 0 unspecified atom stereocenters. The lowest BCUT2D eigenvalue weighted by Crippen LogP contribution is -2.08. The number of hydrogen-bond acceptors (Lipinski definition) is 6. The Balaban J connectivity index is 1.62. The second-order valence-corrected chi connectivity index (χ2v) is 5.98. The third-order valence-corrected chi connectivity index (χ3v) is 4.22. The Morgan fingerprint density at radius 2 is 1.89 bits per heavy atom. The van der Waals surface area contributed by atoms with Crippen molar-refractivity contribution in [3.63, 3.8) is 0 Å². The summed E-state index contributed by atoms with van der Waals surface area (Å²) in [4.78, 5) is 16.5. The van der Waals surface area contributed by atoms with Gasteiger partial charge in [0, 0.05) is 17.2 Å². The Kier molecular flexibility index (Phi) is 4.38. The van der Waals surface area contributed by atoms with E-state index in [1.165, 1.54) is 0 Å². The van der Waals surface area contributed by atoms with E-state index >= 15 is 0 Å². The molecule has 27 heavy (non-hydrogen) atoms. The first-order chi connectivity index (χ1) is 13.2. The van der Waals surface area contributed by atoms with E-state index in [1.807, 2.05) is 42.5 Å². The Hall–Kier alpha value is -3.54. The number of carbonyl (C=O) groups is 1. The van der Waals surface area contributed by atoms with E-state index in [-0.39, 0.29) is 11.6 Å². The smallest absolute Gasteiger partial charge is 0.363 e. The van der Waals surface area contributed by atoms with Gasteiger partial charge in [0.05, 0.1) is 14.2 Å². The first kappa shape index (κ1) is 16.9. The molecule has 0 aromatic heterocycles. The molecule has 0 aliphatic carbocycles. The highest BCUT2D eigenvalue weighted by atomic mass is 16.6. The maximum absolute atomic E-state index is 12.2. The molecule has 136 valence electrons. The van der Waals surface area contributed by atoms with Gasteiger partial charge in [-0.3, -0.25) is 0 Å². The number of methoxy groups -OCH3 is 2. The molecule has 6 heteroatoms. The molecule has 0 atom stereocenters. The lowest BCUT2D eigenvalue weighted by molar-refractivity contribution is -0.130. The molecule has 2 heterocycles. The Morgan fingerprint density at radius 3 is 2.70 bits per heavy atom.